The highest BCUT2D eigenvalue weighted by molar-refractivity contribution is 9.10. The minimum Gasteiger partial charge on any atom is -0.507 e. The molecule has 8 nitrogen and oxygen atoms in total. The third-order valence-corrected chi connectivity index (χ3v) is 7.33. The van der Waals surface area contributed by atoms with Crippen LogP contribution in [-0.4, -0.2) is 42.0 Å². The number of hydrogen-bond acceptors (Lipinski definition) is 8. The molecule has 1 aliphatic heterocycles. The molecule has 1 aromatic heterocycles. The van der Waals surface area contributed by atoms with Gasteiger partial charge in [-0.15, -0.1) is 0 Å². The van der Waals surface area contributed by atoms with Crippen LogP contribution in [0, 0.1) is 13.8 Å². The molecule has 0 unspecified atom stereocenters. The monoisotopic (exact) mass is 556 g/mol. The number of thiazole rings is 1. The number of nitrogens with zero attached hydrogens (tertiary/aromatic N) is 2. The number of aliphatic hydroxyl groups excluding tert-OH is 1. The molecule has 10 heteroatoms. The molecular weight excluding hydrogens is 536 g/mol. The number of methoxy groups -OCH3 is 2. The topological polar surface area (TPSA) is 106 Å². The normalized spacial score (nSPS) is 17.1. The van der Waals surface area contributed by atoms with Crippen LogP contribution < -0.4 is 9.64 Å². The Bertz CT molecular complexity index is 1380. The number of halogens is 1. The van der Waals surface area contributed by atoms with Gasteiger partial charge in [-0.05, 0) is 55.3 Å². The number of esters is 1. The minimum atomic E-state index is -0.957. The van der Waals surface area contributed by atoms with Gasteiger partial charge in [0.2, 0.25) is 0 Å². The lowest BCUT2D eigenvalue weighted by atomic mass is 9.95. The van der Waals surface area contributed by atoms with E-state index in [4.69, 9.17) is 9.47 Å². The fraction of sp³-hybridized carbons (Fsp3) is 0.200. The highest BCUT2D eigenvalue weighted by atomic mass is 79.9. The van der Waals surface area contributed by atoms with Crippen molar-refractivity contribution in [3.63, 3.8) is 0 Å². The van der Waals surface area contributed by atoms with Crippen molar-refractivity contribution < 1.29 is 29.0 Å². The average Bonchev–Trinajstić information content (AvgIpc) is 3.35. The van der Waals surface area contributed by atoms with E-state index < -0.39 is 23.7 Å². The number of amides is 1. The Balaban J connectivity index is 1.93. The second-order valence-electron chi connectivity index (χ2n) is 7.81. The van der Waals surface area contributed by atoms with Gasteiger partial charge in [0, 0.05) is 10.0 Å². The van der Waals surface area contributed by atoms with Crippen LogP contribution in [0.4, 0.5) is 5.13 Å². The lowest BCUT2D eigenvalue weighted by Crippen LogP contribution is -2.29. The van der Waals surface area contributed by atoms with E-state index in [2.05, 4.69) is 20.9 Å². The minimum absolute atomic E-state index is 0.0747. The molecule has 1 saturated heterocycles. The van der Waals surface area contributed by atoms with Crippen LogP contribution >= 0.6 is 27.3 Å². The second kappa shape index (κ2) is 9.63. The molecule has 0 aliphatic carbocycles. The largest absolute Gasteiger partial charge is 0.507 e. The standard InChI is InChI=1S/C25H21BrN2O6S/c1-12-11-15(7-10-17(12)33-3)20(29)18-19(14-5-8-16(26)9-6-14)28(23(31)21(18)30)25-27-13(2)22(35-25)24(32)34-4/h5-11,19,29H,1-4H3/b20-18+/t19-/m1/s1. The van der Waals surface area contributed by atoms with Crippen LogP contribution in [0.3, 0.4) is 0 Å². The van der Waals surface area contributed by atoms with Crippen molar-refractivity contribution in [1.82, 2.24) is 4.98 Å². The zero-order valence-corrected chi connectivity index (χ0v) is 21.7. The predicted octanol–water partition coefficient (Wildman–Crippen LogP) is 4.94. The van der Waals surface area contributed by atoms with Gasteiger partial charge in [0.1, 0.15) is 16.4 Å². The number of hydrogen-bond donors (Lipinski definition) is 1. The van der Waals surface area contributed by atoms with Gasteiger partial charge in [0.05, 0.1) is 31.5 Å². The van der Waals surface area contributed by atoms with Crippen molar-refractivity contribution >= 4 is 55.8 Å². The van der Waals surface area contributed by atoms with Crippen molar-refractivity contribution in [2.45, 2.75) is 19.9 Å². The maximum atomic E-state index is 13.3. The number of carbonyl (C=O) groups excluding carboxylic acids is 3. The van der Waals surface area contributed by atoms with E-state index in [0.717, 1.165) is 21.4 Å². The van der Waals surface area contributed by atoms with Crippen molar-refractivity contribution in [2.75, 3.05) is 19.1 Å². The number of aromatic nitrogens is 1. The molecule has 1 N–H and O–H groups in total. The maximum absolute atomic E-state index is 13.3. The summed E-state index contributed by atoms with van der Waals surface area (Å²) in [6.07, 6.45) is 0. The Morgan fingerprint density at radius 2 is 1.80 bits per heavy atom. The highest BCUT2D eigenvalue weighted by Crippen LogP contribution is 2.44. The lowest BCUT2D eigenvalue weighted by Gasteiger charge is -2.23. The van der Waals surface area contributed by atoms with Gasteiger partial charge in [-0.1, -0.05) is 39.4 Å². The molecular formula is C25H21BrN2O6S. The molecule has 0 saturated carbocycles. The third-order valence-electron chi connectivity index (χ3n) is 5.66. The molecule has 180 valence electrons. The first kappa shape index (κ1) is 24.6. The molecule has 1 aliphatic rings. The van der Waals surface area contributed by atoms with E-state index in [-0.39, 0.29) is 21.3 Å². The van der Waals surface area contributed by atoms with Gasteiger partial charge in [-0.25, -0.2) is 9.78 Å². The Labute approximate surface area is 213 Å². The summed E-state index contributed by atoms with van der Waals surface area (Å²) in [5.74, 6) is -1.98. The zero-order valence-electron chi connectivity index (χ0n) is 19.3. The van der Waals surface area contributed by atoms with Crippen molar-refractivity contribution in [2.24, 2.45) is 0 Å². The number of aryl methyl sites for hydroxylation is 2. The fourth-order valence-corrected chi connectivity index (χ4v) is 5.21. The number of ketones is 1. The van der Waals surface area contributed by atoms with Crippen molar-refractivity contribution in [3.8, 4) is 5.75 Å². The number of aliphatic hydroxyl groups is 1. The summed E-state index contributed by atoms with van der Waals surface area (Å²) in [4.78, 5) is 44.6. The first-order valence-corrected chi connectivity index (χ1v) is 12.1. The number of rotatable bonds is 5. The quantitative estimate of drug-likeness (QED) is 0.205. The molecule has 2 heterocycles. The van der Waals surface area contributed by atoms with Crippen LogP contribution in [0.15, 0.2) is 52.5 Å². The number of carbonyl (C=O) groups is 3. The van der Waals surface area contributed by atoms with Gasteiger partial charge in [0.25, 0.3) is 5.78 Å². The van der Waals surface area contributed by atoms with Crippen molar-refractivity contribution in [3.05, 3.63) is 79.8 Å². The molecule has 4 rings (SSSR count). The number of ether oxygens (including phenoxy) is 2. The first-order valence-electron chi connectivity index (χ1n) is 10.4. The highest BCUT2D eigenvalue weighted by Gasteiger charge is 2.48. The van der Waals surface area contributed by atoms with E-state index in [1.165, 1.54) is 12.0 Å². The van der Waals surface area contributed by atoms with E-state index in [1.54, 1.807) is 56.5 Å². The smallest absolute Gasteiger partial charge is 0.350 e. The summed E-state index contributed by atoms with van der Waals surface area (Å²) in [5, 5.41) is 11.4. The summed E-state index contributed by atoms with van der Waals surface area (Å²) < 4.78 is 10.9. The third kappa shape index (κ3) is 4.35. The molecule has 1 fully saturated rings. The Kier molecular flexibility index (Phi) is 6.77. The van der Waals surface area contributed by atoms with Crippen LogP contribution in [0.2, 0.25) is 0 Å². The average molecular weight is 557 g/mol. The SMILES string of the molecule is COC(=O)c1sc(N2C(=O)C(=O)/C(=C(/O)c3ccc(OC)c(C)c3)[C@H]2c2ccc(Br)cc2)nc1C. The summed E-state index contributed by atoms with van der Waals surface area (Å²) in [5.41, 5.74) is 2.01. The number of Topliss-reactive ketones (excluding diaryl/α,β-unsaturated/α-hetero) is 1. The van der Waals surface area contributed by atoms with E-state index >= 15 is 0 Å². The fourth-order valence-electron chi connectivity index (χ4n) is 3.94. The van der Waals surface area contributed by atoms with Gasteiger partial charge < -0.3 is 14.6 Å². The first-order chi connectivity index (χ1) is 16.7. The Hall–Kier alpha value is -3.50. The van der Waals surface area contributed by atoms with E-state index in [0.29, 0.717) is 22.6 Å². The summed E-state index contributed by atoms with van der Waals surface area (Å²) in [6.45, 7) is 3.44. The number of anilines is 1. The van der Waals surface area contributed by atoms with Gasteiger partial charge in [-0.2, -0.15) is 0 Å². The Morgan fingerprint density at radius 3 is 2.40 bits per heavy atom. The molecule has 0 radical (unpaired) electrons. The summed E-state index contributed by atoms with van der Waals surface area (Å²) in [6, 6.07) is 11.1. The Morgan fingerprint density at radius 1 is 1.11 bits per heavy atom. The molecule has 1 amide bonds. The van der Waals surface area contributed by atoms with Crippen LogP contribution in [0.1, 0.15) is 38.1 Å². The predicted molar refractivity (Wildman–Crippen MR) is 135 cm³/mol. The van der Waals surface area contributed by atoms with Crippen LogP contribution in [0.5, 0.6) is 5.75 Å². The van der Waals surface area contributed by atoms with Crippen molar-refractivity contribution in [1.29, 1.82) is 0 Å². The molecule has 35 heavy (non-hydrogen) atoms. The molecule has 3 aromatic rings. The summed E-state index contributed by atoms with van der Waals surface area (Å²) >= 11 is 4.35. The molecule has 2 aromatic carbocycles. The van der Waals surface area contributed by atoms with Gasteiger partial charge in [0.15, 0.2) is 5.13 Å². The van der Waals surface area contributed by atoms with E-state index in [9.17, 15) is 19.5 Å². The van der Waals surface area contributed by atoms with Crippen LogP contribution in [0.25, 0.3) is 5.76 Å². The van der Waals surface area contributed by atoms with E-state index in [1.807, 2.05) is 6.92 Å². The van der Waals surface area contributed by atoms with Gasteiger partial charge >= 0.3 is 11.9 Å². The lowest BCUT2D eigenvalue weighted by molar-refractivity contribution is -0.132. The second-order valence-corrected chi connectivity index (χ2v) is 9.70. The number of benzene rings is 2. The molecule has 0 bridgehead atoms. The van der Waals surface area contributed by atoms with Crippen LogP contribution in [-0.2, 0) is 14.3 Å². The van der Waals surface area contributed by atoms with Gasteiger partial charge in [-0.3, -0.25) is 14.5 Å². The molecule has 1 atom stereocenters. The maximum Gasteiger partial charge on any atom is 0.350 e. The molecule has 0 spiro atoms. The summed E-state index contributed by atoms with van der Waals surface area (Å²) in [7, 11) is 2.80. The zero-order chi connectivity index (χ0) is 25.4.